The molecule has 4 nitrogen and oxygen atoms in total. The number of primary amides is 1. The third-order valence-electron chi connectivity index (χ3n) is 0.826. The Kier molecular flexibility index (Phi) is 3.12. The van der Waals surface area contributed by atoms with Gasteiger partial charge >= 0.3 is 12.3 Å². The van der Waals surface area contributed by atoms with Crippen LogP contribution in [0.15, 0.2) is 0 Å². The Hall–Kier alpha value is -0.980. The van der Waals surface area contributed by atoms with E-state index >= 15 is 0 Å². The van der Waals surface area contributed by atoms with Crippen molar-refractivity contribution >= 4 is 6.09 Å². The number of hydrogen-bond donors (Lipinski definition) is 2. The molecule has 1 atom stereocenters. The molecule has 0 saturated heterocycles. The highest BCUT2D eigenvalue weighted by Crippen LogP contribution is 2.18. The summed E-state index contributed by atoms with van der Waals surface area (Å²) in [6, 6.07) is -2.17. The number of hydrogen-bond acceptors (Lipinski definition) is 3. The number of halogens is 3. The molecule has 1 unspecified atom stereocenters. The van der Waals surface area contributed by atoms with E-state index in [-0.39, 0.29) is 0 Å². The average molecular weight is 172 g/mol. The zero-order valence-corrected chi connectivity index (χ0v) is 5.39. The molecule has 7 heteroatoms. The Morgan fingerprint density at radius 3 is 2.27 bits per heavy atom. The van der Waals surface area contributed by atoms with E-state index in [2.05, 4.69) is 16.2 Å². The van der Waals surface area contributed by atoms with E-state index in [9.17, 15) is 18.0 Å². The van der Waals surface area contributed by atoms with Crippen LogP contribution in [0.4, 0.5) is 18.0 Å². The Morgan fingerprint density at radius 2 is 2.00 bits per heavy atom. The molecule has 0 aromatic heterocycles. The SMILES string of the molecule is NC(=O)OCC(N)C(F)(F)F. The third kappa shape index (κ3) is 4.43. The molecule has 0 aliphatic carbocycles. The van der Waals surface area contributed by atoms with Crippen molar-refractivity contribution in [2.24, 2.45) is 11.5 Å². The second-order valence-corrected chi connectivity index (χ2v) is 1.78. The molecule has 0 heterocycles. The zero-order chi connectivity index (χ0) is 9.07. The summed E-state index contributed by atoms with van der Waals surface area (Å²) in [6.07, 6.45) is -5.83. The van der Waals surface area contributed by atoms with E-state index in [1.54, 1.807) is 0 Å². The highest BCUT2D eigenvalue weighted by molar-refractivity contribution is 5.64. The molecular weight excluding hydrogens is 165 g/mol. The number of alkyl halides is 3. The van der Waals surface area contributed by atoms with Crippen LogP contribution in [-0.2, 0) is 4.74 Å². The lowest BCUT2D eigenvalue weighted by Gasteiger charge is -2.13. The smallest absolute Gasteiger partial charge is 0.406 e. The van der Waals surface area contributed by atoms with Gasteiger partial charge in [0.2, 0.25) is 0 Å². The molecule has 0 spiro atoms. The molecule has 0 aliphatic heterocycles. The highest BCUT2D eigenvalue weighted by Gasteiger charge is 2.37. The second kappa shape index (κ2) is 3.42. The fourth-order valence-electron chi connectivity index (χ4n) is 0.266. The van der Waals surface area contributed by atoms with E-state index in [0.29, 0.717) is 0 Å². The maximum Gasteiger partial charge on any atom is 0.406 e. The van der Waals surface area contributed by atoms with Gasteiger partial charge < -0.3 is 16.2 Å². The van der Waals surface area contributed by atoms with Crippen molar-refractivity contribution in [1.82, 2.24) is 0 Å². The molecule has 0 rings (SSSR count). The largest absolute Gasteiger partial charge is 0.448 e. The summed E-state index contributed by atoms with van der Waals surface area (Å²) in [5, 5.41) is 0. The van der Waals surface area contributed by atoms with Crippen molar-refractivity contribution in [3.05, 3.63) is 0 Å². The molecule has 1 amide bonds. The first-order valence-electron chi connectivity index (χ1n) is 2.58. The van der Waals surface area contributed by atoms with Gasteiger partial charge in [0, 0.05) is 0 Å². The molecule has 4 N–H and O–H groups in total. The Balaban J connectivity index is 3.70. The molecule has 0 aromatic carbocycles. The molecule has 0 radical (unpaired) electrons. The van der Waals surface area contributed by atoms with Gasteiger partial charge in [-0.2, -0.15) is 13.2 Å². The first kappa shape index (κ1) is 10.0. The fraction of sp³-hybridized carbons (Fsp3) is 0.750. The molecule has 0 fully saturated rings. The molecule has 0 aromatic rings. The van der Waals surface area contributed by atoms with E-state index in [0.717, 1.165) is 0 Å². The van der Waals surface area contributed by atoms with Crippen LogP contribution in [0.1, 0.15) is 0 Å². The van der Waals surface area contributed by atoms with Crippen LogP contribution >= 0.6 is 0 Å². The van der Waals surface area contributed by atoms with E-state index in [1.165, 1.54) is 0 Å². The minimum atomic E-state index is -4.56. The summed E-state index contributed by atoms with van der Waals surface area (Å²) in [7, 11) is 0. The Labute approximate surface area is 60.3 Å². The lowest BCUT2D eigenvalue weighted by Crippen LogP contribution is -2.42. The van der Waals surface area contributed by atoms with Crippen LogP contribution in [0.25, 0.3) is 0 Å². The summed E-state index contributed by atoms with van der Waals surface area (Å²) in [4.78, 5) is 9.81. The van der Waals surface area contributed by atoms with Gasteiger partial charge in [0.15, 0.2) is 0 Å². The summed E-state index contributed by atoms with van der Waals surface area (Å²) < 4.78 is 38.5. The molecule has 0 bridgehead atoms. The van der Waals surface area contributed by atoms with Gasteiger partial charge in [-0.3, -0.25) is 0 Å². The number of carbonyl (C=O) groups is 1. The lowest BCUT2D eigenvalue weighted by molar-refractivity contribution is -0.154. The molecule has 0 saturated carbocycles. The fourth-order valence-corrected chi connectivity index (χ4v) is 0.266. The highest BCUT2D eigenvalue weighted by atomic mass is 19.4. The summed E-state index contributed by atoms with van der Waals surface area (Å²) in [5.74, 6) is 0. The van der Waals surface area contributed by atoms with Gasteiger partial charge in [-0.15, -0.1) is 0 Å². The van der Waals surface area contributed by atoms with E-state index < -0.39 is 24.9 Å². The maximum absolute atomic E-state index is 11.5. The zero-order valence-electron chi connectivity index (χ0n) is 5.39. The predicted molar refractivity (Wildman–Crippen MR) is 29.6 cm³/mol. The maximum atomic E-state index is 11.5. The van der Waals surface area contributed by atoms with Crippen molar-refractivity contribution in [3.8, 4) is 0 Å². The quantitative estimate of drug-likeness (QED) is 0.613. The number of amides is 1. The van der Waals surface area contributed by atoms with Gasteiger partial charge in [0.05, 0.1) is 0 Å². The van der Waals surface area contributed by atoms with Crippen molar-refractivity contribution < 1.29 is 22.7 Å². The van der Waals surface area contributed by atoms with Gasteiger partial charge in [-0.25, -0.2) is 4.79 Å². The van der Waals surface area contributed by atoms with Gasteiger partial charge in [0.25, 0.3) is 0 Å². The molecule has 0 aliphatic rings. The first-order chi connectivity index (χ1) is 4.84. The van der Waals surface area contributed by atoms with E-state index in [1.807, 2.05) is 0 Å². The van der Waals surface area contributed by atoms with Crippen LogP contribution in [0.5, 0.6) is 0 Å². The van der Waals surface area contributed by atoms with Crippen molar-refractivity contribution in [2.45, 2.75) is 12.2 Å². The second-order valence-electron chi connectivity index (χ2n) is 1.78. The van der Waals surface area contributed by atoms with Crippen LogP contribution in [0, 0.1) is 0 Å². The first-order valence-corrected chi connectivity index (χ1v) is 2.58. The Bertz CT molecular complexity index is 147. The summed E-state index contributed by atoms with van der Waals surface area (Å²) >= 11 is 0. The summed E-state index contributed by atoms with van der Waals surface area (Å²) in [6.45, 7) is -0.946. The molecule has 11 heavy (non-hydrogen) atoms. The van der Waals surface area contributed by atoms with E-state index in [4.69, 9.17) is 0 Å². The lowest BCUT2D eigenvalue weighted by atomic mass is 10.3. The minimum absolute atomic E-state index is 0.946. The van der Waals surface area contributed by atoms with Crippen LogP contribution in [0.2, 0.25) is 0 Å². The number of ether oxygens (including phenoxy) is 1. The number of carbonyl (C=O) groups excluding carboxylic acids is 1. The van der Waals surface area contributed by atoms with Crippen LogP contribution in [0.3, 0.4) is 0 Å². The monoisotopic (exact) mass is 172 g/mol. The standard InChI is InChI=1S/C4H7F3N2O2/c5-4(6,7)2(8)1-11-3(9)10/h2H,1,8H2,(H2,9,10). The van der Waals surface area contributed by atoms with Crippen molar-refractivity contribution in [1.29, 1.82) is 0 Å². The molecule has 66 valence electrons. The van der Waals surface area contributed by atoms with Gasteiger partial charge in [0.1, 0.15) is 12.6 Å². The molecular formula is C4H7F3N2O2. The summed E-state index contributed by atoms with van der Waals surface area (Å²) in [5.41, 5.74) is 8.94. The Morgan fingerprint density at radius 1 is 1.55 bits per heavy atom. The third-order valence-corrected chi connectivity index (χ3v) is 0.826. The predicted octanol–water partition coefficient (Wildman–Crippen LogP) is -0.0287. The normalized spacial score (nSPS) is 14.2. The van der Waals surface area contributed by atoms with Crippen molar-refractivity contribution in [3.63, 3.8) is 0 Å². The topological polar surface area (TPSA) is 78.3 Å². The average Bonchev–Trinajstić information content (AvgIpc) is 1.80. The number of rotatable bonds is 2. The van der Waals surface area contributed by atoms with Crippen LogP contribution in [-0.4, -0.2) is 24.9 Å². The minimum Gasteiger partial charge on any atom is -0.448 e. The van der Waals surface area contributed by atoms with Gasteiger partial charge in [-0.05, 0) is 0 Å². The van der Waals surface area contributed by atoms with Crippen LogP contribution < -0.4 is 11.5 Å². The van der Waals surface area contributed by atoms with Crippen molar-refractivity contribution in [2.75, 3.05) is 6.61 Å². The number of nitrogens with two attached hydrogens (primary N) is 2. The van der Waals surface area contributed by atoms with Gasteiger partial charge in [-0.1, -0.05) is 0 Å².